The molecule has 1 aliphatic rings. The summed E-state index contributed by atoms with van der Waals surface area (Å²) >= 11 is 0. The second-order valence-corrected chi connectivity index (χ2v) is 7.50. The second kappa shape index (κ2) is 9.60. The Labute approximate surface area is 179 Å². The maximum Gasteiger partial charge on any atom is 0.416 e. The SMILES string of the molecule is CCOc1ccc(C(c2ccccc2C(F)(F)F)N2CCCC(C(=O)O)C2)cc1OC. The summed E-state index contributed by atoms with van der Waals surface area (Å²) in [6.45, 7) is 2.91. The van der Waals surface area contributed by atoms with Crippen LogP contribution in [0, 0.1) is 5.92 Å². The number of methoxy groups -OCH3 is 1. The van der Waals surface area contributed by atoms with Gasteiger partial charge in [-0.2, -0.15) is 13.2 Å². The first-order valence-corrected chi connectivity index (χ1v) is 10.2. The summed E-state index contributed by atoms with van der Waals surface area (Å²) in [5, 5.41) is 9.50. The number of aliphatic carboxylic acids is 1. The van der Waals surface area contributed by atoms with Gasteiger partial charge in [0, 0.05) is 6.54 Å². The minimum absolute atomic E-state index is 0.0900. The maximum atomic E-state index is 13.8. The van der Waals surface area contributed by atoms with Crippen molar-refractivity contribution in [2.24, 2.45) is 5.92 Å². The Hall–Kier alpha value is -2.74. The molecule has 0 bridgehead atoms. The van der Waals surface area contributed by atoms with Gasteiger partial charge < -0.3 is 14.6 Å². The monoisotopic (exact) mass is 437 g/mol. The van der Waals surface area contributed by atoms with Gasteiger partial charge in [0.25, 0.3) is 0 Å². The van der Waals surface area contributed by atoms with Crippen molar-refractivity contribution in [3.8, 4) is 11.5 Å². The molecule has 3 rings (SSSR count). The number of likely N-dealkylation sites (tertiary alicyclic amines) is 1. The Balaban J connectivity index is 2.14. The van der Waals surface area contributed by atoms with E-state index >= 15 is 0 Å². The quantitative estimate of drug-likeness (QED) is 0.661. The lowest BCUT2D eigenvalue weighted by Gasteiger charge is -2.38. The van der Waals surface area contributed by atoms with Crippen molar-refractivity contribution in [1.29, 1.82) is 0 Å². The van der Waals surface area contributed by atoms with Crippen LogP contribution in [0.1, 0.15) is 42.5 Å². The molecular weight excluding hydrogens is 411 g/mol. The molecule has 168 valence electrons. The number of nitrogens with zero attached hydrogens (tertiary/aromatic N) is 1. The van der Waals surface area contributed by atoms with Crippen LogP contribution in [0.5, 0.6) is 11.5 Å². The Bertz CT molecular complexity index is 916. The minimum Gasteiger partial charge on any atom is -0.493 e. The number of alkyl halides is 3. The van der Waals surface area contributed by atoms with E-state index in [9.17, 15) is 23.1 Å². The largest absolute Gasteiger partial charge is 0.493 e. The number of piperidine rings is 1. The van der Waals surface area contributed by atoms with Crippen LogP contribution in [0.4, 0.5) is 13.2 Å². The van der Waals surface area contributed by atoms with Gasteiger partial charge in [0.15, 0.2) is 11.5 Å². The van der Waals surface area contributed by atoms with Crippen molar-refractivity contribution in [1.82, 2.24) is 4.90 Å². The molecule has 1 saturated heterocycles. The fraction of sp³-hybridized carbons (Fsp3) is 0.435. The predicted octanol–water partition coefficient (Wildman–Crippen LogP) is 5.00. The van der Waals surface area contributed by atoms with E-state index in [4.69, 9.17) is 9.47 Å². The summed E-state index contributed by atoms with van der Waals surface area (Å²) in [5.74, 6) is -0.643. The number of carboxylic acids is 1. The number of rotatable bonds is 7. The van der Waals surface area contributed by atoms with E-state index in [2.05, 4.69) is 0 Å². The zero-order valence-electron chi connectivity index (χ0n) is 17.5. The number of carboxylic acid groups (broad SMARTS) is 1. The first-order valence-electron chi connectivity index (χ1n) is 10.2. The van der Waals surface area contributed by atoms with E-state index in [0.29, 0.717) is 43.1 Å². The normalized spacial score (nSPS) is 18.4. The molecule has 31 heavy (non-hydrogen) atoms. The van der Waals surface area contributed by atoms with Crippen LogP contribution in [0.15, 0.2) is 42.5 Å². The van der Waals surface area contributed by atoms with E-state index in [0.717, 1.165) is 6.07 Å². The third kappa shape index (κ3) is 5.12. The van der Waals surface area contributed by atoms with Crippen LogP contribution in [0.25, 0.3) is 0 Å². The summed E-state index contributed by atoms with van der Waals surface area (Å²) in [6.07, 6.45) is -3.44. The van der Waals surface area contributed by atoms with Gasteiger partial charge in [-0.05, 0) is 55.6 Å². The summed E-state index contributed by atoms with van der Waals surface area (Å²) in [5.41, 5.74) is -0.0550. The van der Waals surface area contributed by atoms with Gasteiger partial charge in [0.1, 0.15) is 0 Å². The highest BCUT2D eigenvalue weighted by Crippen LogP contribution is 2.42. The van der Waals surface area contributed by atoms with E-state index in [-0.39, 0.29) is 12.1 Å². The zero-order valence-corrected chi connectivity index (χ0v) is 17.5. The highest BCUT2D eigenvalue weighted by molar-refractivity contribution is 5.70. The number of ether oxygens (including phenoxy) is 2. The van der Waals surface area contributed by atoms with Crippen molar-refractivity contribution in [2.45, 2.75) is 32.0 Å². The standard InChI is InChI=1S/C23H26F3NO4/c1-3-31-19-11-10-15(13-20(19)30-2)21(27-12-6-7-16(14-27)22(28)29)17-8-4-5-9-18(17)23(24,25)26/h4-5,8-11,13,16,21H,3,6-7,12,14H2,1-2H3,(H,28,29). The molecule has 0 saturated carbocycles. The van der Waals surface area contributed by atoms with E-state index in [1.807, 2.05) is 11.8 Å². The molecule has 2 aromatic rings. The molecule has 1 aliphatic heterocycles. The Morgan fingerprint density at radius 3 is 2.61 bits per heavy atom. The van der Waals surface area contributed by atoms with Crippen LogP contribution in [-0.2, 0) is 11.0 Å². The van der Waals surface area contributed by atoms with Crippen molar-refractivity contribution >= 4 is 5.97 Å². The lowest BCUT2D eigenvalue weighted by atomic mass is 9.89. The molecule has 2 atom stereocenters. The van der Waals surface area contributed by atoms with Crippen molar-refractivity contribution in [3.63, 3.8) is 0 Å². The number of carbonyl (C=O) groups is 1. The molecule has 5 nitrogen and oxygen atoms in total. The van der Waals surface area contributed by atoms with Gasteiger partial charge in [-0.3, -0.25) is 9.69 Å². The molecular formula is C23H26F3NO4. The van der Waals surface area contributed by atoms with Crippen LogP contribution < -0.4 is 9.47 Å². The molecule has 1 N–H and O–H groups in total. The van der Waals surface area contributed by atoms with Gasteiger partial charge in [0.2, 0.25) is 0 Å². The highest BCUT2D eigenvalue weighted by Gasteiger charge is 2.38. The summed E-state index contributed by atoms with van der Waals surface area (Å²) in [7, 11) is 1.47. The lowest BCUT2D eigenvalue weighted by Crippen LogP contribution is -2.41. The molecule has 0 aliphatic carbocycles. The number of hydrogen-bond acceptors (Lipinski definition) is 4. The average molecular weight is 437 g/mol. The summed E-state index contributed by atoms with van der Waals surface area (Å²) in [4.78, 5) is 13.4. The third-order valence-corrected chi connectivity index (χ3v) is 5.53. The number of hydrogen-bond donors (Lipinski definition) is 1. The lowest BCUT2D eigenvalue weighted by molar-refractivity contribution is -0.144. The van der Waals surface area contributed by atoms with Crippen LogP contribution >= 0.6 is 0 Å². The third-order valence-electron chi connectivity index (χ3n) is 5.53. The molecule has 1 heterocycles. The van der Waals surface area contributed by atoms with Crippen LogP contribution in [-0.4, -0.2) is 42.8 Å². The zero-order chi connectivity index (χ0) is 22.6. The van der Waals surface area contributed by atoms with Gasteiger partial charge in [-0.15, -0.1) is 0 Å². The fourth-order valence-corrected chi connectivity index (χ4v) is 4.15. The fourth-order valence-electron chi connectivity index (χ4n) is 4.15. The maximum absolute atomic E-state index is 13.8. The minimum atomic E-state index is -4.54. The van der Waals surface area contributed by atoms with Crippen LogP contribution in [0.3, 0.4) is 0 Å². The van der Waals surface area contributed by atoms with Crippen molar-refractivity contribution in [2.75, 3.05) is 26.8 Å². The summed E-state index contributed by atoms with van der Waals surface area (Å²) in [6, 6.07) is 9.75. The number of halogens is 3. The van der Waals surface area contributed by atoms with E-state index in [1.54, 1.807) is 24.3 Å². The van der Waals surface area contributed by atoms with Crippen LogP contribution in [0.2, 0.25) is 0 Å². The molecule has 0 amide bonds. The molecule has 0 aromatic heterocycles. The van der Waals surface area contributed by atoms with E-state index < -0.39 is 29.7 Å². The smallest absolute Gasteiger partial charge is 0.416 e. The van der Waals surface area contributed by atoms with Crippen molar-refractivity contribution in [3.05, 3.63) is 59.2 Å². The molecule has 2 aromatic carbocycles. The summed E-state index contributed by atoms with van der Waals surface area (Å²) < 4.78 is 52.5. The molecule has 0 radical (unpaired) electrons. The van der Waals surface area contributed by atoms with Gasteiger partial charge in [-0.1, -0.05) is 24.3 Å². The first kappa shape index (κ1) is 22.9. The topological polar surface area (TPSA) is 59.0 Å². The molecule has 8 heteroatoms. The average Bonchev–Trinajstić information content (AvgIpc) is 2.75. The Morgan fingerprint density at radius 1 is 1.23 bits per heavy atom. The second-order valence-electron chi connectivity index (χ2n) is 7.50. The molecule has 0 spiro atoms. The predicted molar refractivity (Wildman–Crippen MR) is 109 cm³/mol. The van der Waals surface area contributed by atoms with Gasteiger partial charge in [-0.25, -0.2) is 0 Å². The first-order chi connectivity index (χ1) is 14.8. The van der Waals surface area contributed by atoms with E-state index in [1.165, 1.54) is 19.2 Å². The number of benzene rings is 2. The Kier molecular flexibility index (Phi) is 7.10. The van der Waals surface area contributed by atoms with Gasteiger partial charge in [0.05, 0.1) is 31.2 Å². The highest BCUT2D eigenvalue weighted by atomic mass is 19.4. The molecule has 1 fully saturated rings. The Morgan fingerprint density at radius 2 is 1.97 bits per heavy atom. The van der Waals surface area contributed by atoms with Gasteiger partial charge >= 0.3 is 12.1 Å². The molecule has 2 unspecified atom stereocenters. The van der Waals surface area contributed by atoms with Crippen molar-refractivity contribution < 1.29 is 32.5 Å².